The van der Waals surface area contributed by atoms with E-state index in [2.05, 4.69) is 5.32 Å². The van der Waals surface area contributed by atoms with Crippen LogP contribution in [-0.2, 0) is 20.9 Å². The Morgan fingerprint density at radius 1 is 1.35 bits per heavy atom. The number of esters is 1. The van der Waals surface area contributed by atoms with Crippen molar-refractivity contribution in [2.24, 2.45) is 0 Å². The molecule has 0 aliphatic heterocycles. The number of benzene rings is 1. The molecular weight excluding hydrogens is 222 g/mol. The average Bonchev–Trinajstić information content (AvgIpc) is 2.34. The highest BCUT2D eigenvalue weighted by Crippen LogP contribution is 2.03. The van der Waals surface area contributed by atoms with Gasteiger partial charge in [-0.05, 0) is 12.6 Å². The second-order valence-electron chi connectivity index (χ2n) is 3.53. The van der Waals surface area contributed by atoms with Gasteiger partial charge in [0.15, 0.2) is 0 Å². The van der Waals surface area contributed by atoms with Gasteiger partial charge >= 0.3 is 11.9 Å². The molecule has 92 valence electrons. The van der Waals surface area contributed by atoms with E-state index < -0.39 is 18.0 Å². The number of carbonyl (C=O) groups excluding carboxylic acids is 1. The van der Waals surface area contributed by atoms with Gasteiger partial charge in [-0.2, -0.15) is 0 Å². The lowest BCUT2D eigenvalue weighted by Crippen LogP contribution is -2.36. The van der Waals surface area contributed by atoms with Crippen molar-refractivity contribution < 1.29 is 19.4 Å². The Bertz CT molecular complexity index is 377. The van der Waals surface area contributed by atoms with E-state index in [0.29, 0.717) is 0 Å². The molecule has 0 aromatic heterocycles. The Morgan fingerprint density at radius 2 is 2.00 bits per heavy atom. The zero-order chi connectivity index (χ0) is 12.7. The maximum Gasteiger partial charge on any atom is 0.321 e. The SMILES string of the molecule is CN[C@@H](CC(=O)OCc1ccccc1)C(=O)O. The first-order valence-electron chi connectivity index (χ1n) is 5.23. The first kappa shape index (κ1) is 13.2. The van der Waals surface area contributed by atoms with Crippen molar-refractivity contribution >= 4 is 11.9 Å². The van der Waals surface area contributed by atoms with Crippen LogP contribution in [0.4, 0.5) is 0 Å². The molecule has 1 aromatic carbocycles. The molecule has 1 atom stereocenters. The van der Waals surface area contributed by atoms with Crippen LogP contribution in [0, 0.1) is 0 Å². The highest BCUT2D eigenvalue weighted by atomic mass is 16.5. The molecule has 0 aliphatic carbocycles. The zero-order valence-electron chi connectivity index (χ0n) is 9.55. The highest BCUT2D eigenvalue weighted by molar-refractivity contribution is 5.81. The molecule has 17 heavy (non-hydrogen) atoms. The van der Waals surface area contributed by atoms with Crippen LogP contribution < -0.4 is 5.32 Å². The topological polar surface area (TPSA) is 75.6 Å². The lowest BCUT2D eigenvalue weighted by atomic mass is 10.2. The van der Waals surface area contributed by atoms with Crippen molar-refractivity contribution in [2.75, 3.05) is 7.05 Å². The molecule has 2 N–H and O–H groups in total. The summed E-state index contributed by atoms with van der Waals surface area (Å²) in [7, 11) is 1.49. The molecule has 0 spiro atoms. The van der Waals surface area contributed by atoms with Gasteiger partial charge < -0.3 is 15.2 Å². The van der Waals surface area contributed by atoms with E-state index >= 15 is 0 Å². The third-order valence-electron chi connectivity index (χ3n) is 2.26. The van der Waals surface area contributed by atoms with Gasteiger partial charge in [0, 0.05) is 0 Å². The van der Waals surface area contributed by atoms with Crippen LogP contribution in [-0.4, -0.2) is 30.1 Å². The van der Waals surface area contributed by atoms with E-state index in [1.807, 2.05) is 30.3 Å². The van der Waals surface area contributed by atoms with Crippen molar-refractivity contribution in [1.82, 2.24) is 5.32 Å². The van der Waals surface area contributed by atoms with Gasteiger partial charge in [0.2, 0.25) is 0 Å². The summed E-state index contributed by atoms with van der Waals surface area (Å²) < 4.78 is 4.97. The van der Waals surface area contributed by atoms with E-state index in [1.165, 1.54) is 7.05 Å². The summed E-state index contributed by atoms with van der Waals surface area (Å²) in [6.07, 6.45) is -0.182. The minimum Gasteiger partial charge on any atom is -0.480 e. The van der Waals surface area contributed by atoms with Crippen LogP contribution in [0.5, 0.6) is 0 Å². The second kappa shape index (κ2) is 6.65. The third kappa shape index (κ3) is 4.65. The van der Waals surface area contributed by atoms with Crippen molar-refractivity contribution in [3.63, 3.8) is 0 Å². The van der Waals surface area contributed by atoms with Crippen molar-refractivity contribution in [3.05, 3.63) is 35.9 Å². The standard InChI is InChI=1S/C12H15NO4/c1-13-10(12(15)16)7-11(14)17-8-9-5-3-2-4-6-9/h2-6,10,13H,7-8H2,1H3,(H,15,16)/t10-/m0/s1. The fourth-order valence-corrected chi connectivity index (χ4v) is 1.28. The molecule has 5 heteroatoms. The van der Waals surface area contributed by atoms with Crippen LogP contribution in [0.15, 0.2) is 30.3 Å². The summed E-state index contributed by atoms with van der Waals surface area (Å²) in [5.41, 5.74) is 0.872. The molecule has 0 bridgehead atoms. The Balaban J connectivity index is 2.37. The van der Waals surface area contributed by atoms with Crippen LogP contribution in [0.25, 0.3) is 0 Å². The van der Waals surface area contributed by atoms with Crippen LogP contribution >= 0.6 is 0 Å². The smallest absolute Gasteiger partial charge is 0.321 e. The Morgan fingerprint density at radius 3 is 2.53 bits per heavy atom. The molecule has 0 heterocycles. The molecular formula is C12H15NO4. The number of rotatable bonds is 6. The molecule has 0 radical (unpaired) electrons. The molecule has 0 aliphatic rings. The van der Waals surface area contributed by atoms with Gasteiger partial charge in [-0.15, -0.1) is 0 Å². The molecule has 0 saturated carbocycles. The van der Waals surface area contributed by atoms with Gasteiger partial charge in [0.05, 0.1) is 6.42 Å². The maximum absolute atomic E-state index is 11.4. The number of ether oxygens (including phenoxy) is 1. The quantitative estimate of drug-likeness (QED) is 0.715. The first-order chi connectivity index (χ1) is 8.13. The fourth-order valence-electron chi connectivity index (χ4n) is 1.28. The van der Waals surface area contributed by atoms with Gasteiger partial charge in [0.25, 0.3) is 0 Å². The normalized spacial score (nSPS) is 11.8. The van der Waals surface area contributed by atoms with Crippen molar-refractivity contribution in [2.45, 2.75) is 19.1 Å². The molecule has 0 unspecified atom stereocenters. The Kier molecular flexibility index (Phi) is 5.16. The second-order valence-corrected chi connectivity index (χ2v) is 3.53. The summed E-state index contributed by atoms with van der Waals surface area (Å²) in [4.78, 5) is 22.0. The van der Waals surface area contributed by atoms with Gasteiger partial charge in [-0.1, -0.05) is 30.3 Å². The predicted molar refractivity (Wildman–Crippen MR) is 61.3 cm³/mol. The van der Waals surface area contributed by atoms with E-state index in [4.69, 9.17) is 9.84 Å². The van der Waals surface area contributed by atoms with E-state index in [-0.39, 0.29) is 13.0 Å². The average molecular weight is 237 g/mol. The van der Waals surface area contributed by atoms with Gasteiger partial charge in [-0.25, -0.2) is 0 Å². The molecule has 0 fully saturated rings. The molecule has 5 nitrogen and oxygen atoms in total. The molecule has 1 rings (SSSR count). The van der Waals surface area contributed by atoms with Gasteiger partial charge in [-0.3, -0.25) is 9.59 Å². The maximum atomic E-state index is 11.4. The third-order valence-corrected chi connectivity index (χ3v) is 2.26. The Hall–Kier alpha value is -1.88. The van der Waals surface area contributed by atoms with Gasteiger partial charge in [0.1, 0.15) is 12.6 Å². The number of aliphatic carboxylic acids is 1. The summed E-state index contributed by atoms with van der Waals surface area (Å²) in [5, 5.41) is 11.3. The van der Waals surface area contributed by atoms with Crippen LogP contribution in [0.3, 0.4) is 0 Å². The molecule has 0 amide bonds. The fraction of sp³-hybridized carbons (Fsp3) is 0.333. The number of carbonyl (C=O) groups is 2. The van der Waals surface area contributed by atoms with E-state index in [9.17, 15) is 9.59 Å². The van der Waals surface area contributed by atoms with Crippen molar-refractivity contribution in [3.8, 4) is 0 Å². The largest absolute Gasteiger partial charge is 0.480 e. The zero-order valence-corrected chi connectivity index (χ0v) is 9.55. The lowest BCUT2D eigenvalue weighted by molar-refractivity contribution is -0.150. The predicted octanol–water partition coefficient (Wildman–Crippen LogP) is 0.792. The number of carboxylic acid groups (broad SMARTS) is 1. The number of nitrogens with one attached hydrogen (secondary N) is 1. The monoisotopic (exact) mass is 237 g/mol. The Labute approximate surface area is 99.4 Å². The first-order valence-corrected chi connectivity index (χ1v) is 5.23. The number of likely N-dealkylation sites (N-methyl/N-ethyl adjacent to an activating group) is 1. The van der Waals surface area contributed by atoms with Crippen molar-refractivity contribution in [1.29, 1.82) is 0 Å². The van der Waals surface area contributed by atoms with Crippen LogP contribution in [0.2, 0.25) is 0 Å². The van der Waals surface area contributed by atoms with E-state index in [0.717, 1.165) is 5.56 Å². The minimum atomic E-state index is -1.07. The number of hydrogen-bond acceptors (Lipinski definition) is 4. The lowest BCUT2D eigenvalue weighted by Gasteiger charge is -2.10. The van der Waals surface area contributed by atoms with E-state index in [1.54, 1.807) is 0 Å². The number of hydrogen-bond donors (Lipinski definition) is 2. The summed E-state index contributed by atoms with van der Waals surface area (Å²) >= 11 is 0. The summed E-state index contributed by atoms with van der Waals surface area (Å²) in [6.45, 7) is 0.162. The number of carboxylic acids is 1. The molecule has 1 aromatic rings. The summed E-state index contributed by atoms with van der Waals surface area (Å²) in [5.74, 6) is -1.60. The summed E-state index contributed by atoms with van der Waals surface area (Å²) in [6, 6.07) is 8.32. The molecule has 0 saturated heterocycles. The minimum absolute atomic E-state index is 0.162. The highest BCUT2D eigenvalue weighted by Gasteiger charge is 2.19. The van der Waals surface area contributed by atoms with Crippen LogP contribution in [0.1, 0.15) is 12.0 Å².